The number of nitrogens with zero attached hydrogens (tertiary/aromatic N) is 2. The van der Waals surface area contributed by atoms with Crippen molar-refractivity contribution in [1.82, 2.24) is 9.88 Å². The van der Waals surface area contributed by atoms with Gasteiger partial charge in [-0.25, -0.2) is 4.90 Å². The summed E-state index contributed by atoms with van der Waals surface area (Å²) in [6.45, 7) is 1.25. The molecule has 178 valence electrons. The summed E-state index contributed by atoms with van der Waals surface area (Å²) in [6.07, 6.45) is 0.906. The zero-order valence-corrected chi connectivity index (χ0v) is 19.6. The summed E-state index contributed by atoms with van der Waals surface area (Å²) < 4.78 is 21.5. The van der Waals surface area contributed by atoms with Crippen molar-refractivity contribution in [1.29, 1.82) is 0 Å². The smallest absolute Gasteiger partial charge is 0.251 e. The molecule has 1 aromatic heterocycles. The van der Waals surface area contributed by atoms with Gasteiger partial charge in [-0.2, -0.15) is 0 Å². The number of carbonyl (C=O) groups is 2. The van der Waals surface area contributed by atoms with Crippen LogP contribution in [0.5, 0.6) is 23.0 Å². The van der Waals surface area contributed by atoms with E-state index in [1.165, 1.54) is 31.8 Å². The number of aromatic amines is 1. The van der Waals surface area contributed by atoms with Gasteiger partial charge < -0.3 is 23.9 Å². The highest BCUT2D eigenvalue weighted by Gasteiger charge is 2.44. The molecule has 9 heteroatoms. The number of hydrogen-bond acceptors (Lipinski definition) is 7. The van der Waals surface area contributed by atoms with Crippen molar-refractivity contribution in [2.75, 3.05) is 39.9 Å². The van der Waals surface area contributed by atoms with Gasteiger partial charge in [-0.1, -0.05) is 0 Å². The van der Waals surface area contributed by atoms with Crippen LogP contribution in [0.25, 0.3) is 10.9 Å². The molecule has 1 saturated heterocycles. The number of H-pyrrole nitrogens is 1. The number of imide groups is 1. The highest BCUT2D eigenvalue weighted by molar-refractivity contribution is 6.22. The van der Waals surface area contributed by atoms with Crippen LogP contribution in [0.1, 0.15) is 17.7 Å². The maximum absolute atomic E-state index is 13.5. The van der Waals surface area contributed by atoms with Crippen LogP contribution < -0.4 is 23.8 Å². The fourth-order valence-corrected chi connectivity index (χ4v) is 5.00. The summed E-state index contributed by atoms with van der Waals surface area (Å²) in [5, 5.41) is 1.14. The number of benzene rings is 2. The van der Waals surface area contributed by atoms with Gasteiger partial charge in [0.15, 0.2) is 11.5 Å². The largest absolute Gasteiger partial charge is 0.497 e. The first kappa shape index (κ1) is 22.1. The second-order valence-electron chi connectivity index (χ2n) is 8.38. The first-order valence-electron chi connectivity index (χ1n) is 11.1. The minimum atomic E-state index is -0.527. The van der Waals surface area contributed by atoms with Crippen LogP contribution in [0.15, 0.2) is 30.3 Å². The molecule has 34 heavy (non-hydrogen) atoms. The lowest BCUT2D eigenvalue weighted by molar-refractivity contribution is -0.123. The molecule has 9 nitrogen and oxygen atoms in total. The van der Waals surface area contributed by atoms with E-state index in [0.717, 1.165) is 28.8 Å². The van der Waals surface area contributed by atoms with Gasteiger partial charge in [0.05, 0.1) is 46.6 Å². The molecule has 0 spiro atoms. The van der Waals surface area contributed by atoms with Crippen molar-refractivity contribution in [3.05, 3.63) is 41.6 Å². The molecule has 1 fully saturated rings. The lowest BCUT2D eigenvalue weighted by Crippen LogP contribution is -2.44. The Morgan fingerprint density at radius 1 is 0.941 bits per heavy atom. The van der Waals surface area contributed by atoms with Crippen LogP contribution in [-0.4, -0.2) is 62.7 Å². The normalized spacial score (nSPS) is 18.4. The Morgan fingerprint density at radius 2 is 1.68 bits per heavy atom. The molecule has 0 radical (unpaired) electrons. The second-order valence-corrected chi connectivity index (χ2v) is 8.38. The number of amides is 2. The van der Waals surface area contributed by atoms with Crippen molar-refractivity contribution in [2.45, 2.75) is 25.4 Å². The van der Waals surface area contributed by atoms with Crippen molar-refractivity contribution in [3.8, 4) is 23.0 Å². The van der Waals surface area contributed by atoms with E-state index in [-0.39, 0.29) is 18.2 Å². The van der Waals surface area contributed by atoms with Gasteiger partial charge in [-0.05, 0) is 30.2 Å². The summed E-state index contributed by atoms with van der Waals surface area (Å²) in [7, 11) is 6.16. The van der Waals surface area contributed by atoms with Gasteiger partial charge in [0, 0.05) is 41.8 Å². The predicted octanol–water partition coefficient (Wildman–Crippen LogP) is 2.89. The van der Waals surface area contributed by atoms with E-state index in [0.29, 0.717) is 36.0 Å². The Hall–Kier alpha value is -3.72. The molecule has 0 aliphatic carbocycles. The van der Waals surface area contributed by atoms with E-state index >= 15 is 0 Å². The summed E-state index contributed by atoms with van der Waals surface area (Å²) in [5.41, 5.74) is 3.76. The number of fused-ring (bicyclic) bond motifs is 3. The Labute approximate surface area is 197 Å². The minimum Gasteiger partial charge on any atom is -0.497 e. The van der Waals surface area contributed by atoms with Crippen molar-refractivity contribution in [2.24, 2.45) is 0 Å². The van der Waals surface area contributed by atoms with Crippen LogP contribution in [0.3, 0.4) is 0 Å². The number of nitrogens with one attached hydrogen (secondary N) is 1. The molecule has 1 unspecified atom stereocenters. The summed E-state index contributed by atoms with van der Waals surface area (Å²) in [4.78, 5) is 33.2. The molecule has 1 atom stereocenters. The number of anilines is 1. The Bertz CT molecular complexity index is 1260. The second kappa shape index (κ2) is 8.57. The van der Waals surface area contributed by atoms with Crippen LogP contribution in [0.4, 0.5) is 5.69 Å². The van der Waals surface area contributed by atoms with Crippen LogP contribution >= 0.6 is 0 Å². The number of methoxy groups -OCH3 is 4. The maximum atomic E-state index is 13.5. The number of rotatable bonds is 6. The minimum absolute atomic E-state index is 0.124. The fourth-order valence-electron chi connectivity index (χ4n) is 5.00. The third-order valence-electron chi connectivity index (χ3n) is 6.68. The van der Waals surface area contributed by atoms with Crippen molar-refractivity contribution < 1.29 is 28.5 Å². The van der Waals surface area contributed by atoms with E-state index in [4.69, 9.17) is 18.9 Å². The first-order chi connectivity index (χ1) is 16.5. The van der Waals surface area contributed by atoms with Crippen molar-refractivity contribution >= 4 is 28.4 Å². The molecule has 0 saturated carbocycles. The Morgan fingerprint density at radius 3 is 2.32 bits per heavy atom. The Kier molecular flexibility index (Phi) is 5.57. The lowest BCUT2D eigenvalue weighted by Gasteiger charge is -2.30. The van der Waals surface area contributed by atoms with Crippen LogP contribution in [0, 0.1) is 0 Å². The predicted molar refractivity (Wildman–Crippen MR) is 126 cm³/mol. The molecular formula is C25H27N3O6. The topological polar surface area (TPSA) is 93.3 Å². The standard InChI is InChI=1S/C25H27N3O6/c1-31-15-5-6-18-17(11-15)16-7-8-27(13-19(16)26-18)20-12-23(29)28(25(20)30)14-9-21(32-2)24(34-4)22(10-14)33-3/h5-6,9-11,20,26H,7-8,12-13H2,1-4H3. The number of ether oxygens (including phenoxy) is 4. The molecule has 0 bridgehead atoms. The molecule has 2 aliphatic heterocycles. The summed E-state index contributed by atoms with van der Waals surface area (Å²) in [5.74, 6) is 1.49. The monoisotopic (exact) mass is 465 g/mol. The zero-order valence-electron chi connectivity index (χ0n) is 19.6. The fraction of sp³-hybridized carbons (Fsp3) is 0.360. The zero-order chi connectivity index (χ0) is 24.0. The average molecular weight is 466 g/mol. The van der Waals surface area contributed by atoms with E-state index in [9.17, 15) is 9.59 Å². The van der Waals surface area contributed by atoms with Gasteiger partial charge in [-0.3, -0.25) is 14.5 Å². The molecule has 2 amide bonds. The van der Waals surface area contributed by atoms with Gasteiger partial charge in [-0.15, -0.1) is 0 Å². The first-order valence-corrected chi connectivity index (χ1v) is 11.1. The van der Waals surface area contributed by atoms with E-state index in [1.54, 1.807) is 19.2 Å². The van der Waals surface area contributed by atoms with Gasteiger partial charge >= 0.3 is 0 Å². The summed E-state index contributed by atoms with van der Waals surface area (Å²) >= 11 is 0. The van der Waals surface area contributed by atoms with E-state index < -0.39 is 6.04 Å². The van der Waals surface area contributed by atoms with Crippen LogP contribution in [0.2, 0.25) is 0 Å². The number of hydrogen-bond donors (Lipinski definition) is 1. The highest BCUT2D eigenvalue weighted by atomic mass is 16.5. The van der Waals surface area contributed by atoms with Crippen molar-refractivity contribution in [3.63, 3.8) is 0 Å². The quantitative estimate of drug-likeness (QED) is 0.560. The van der Waals surface area contributed by atoms with Gasteiger partial charge in [0.25, 0.3) is 5.91 Å². The molecule has 2 aliphatic rings. The molecule has 1 N–H and O–H groups in total. The average Bonchev–Trinajstić information content (AvgIpc) is 3.37. The summed E-state index contributed by atoms with van der Waals surface area (Å²) in [6, 6.07) is 8.69. The Balaban J connectivity index is 1.42. The maximum Gasteiger partial charge on any atom is 0.251 e. The van der Waals surface area contributed by atoms with Gasteiger partial charge in [0.2, 0.25) is 11.7 Å². The van der Waals surface area contributed by atoms with Crippen LogP contribution in [-0.2, 0) is 22.6 Å². The third kappa shape index (κ3) is 3.43. The molecule has 2 aromatic carbocycles. The lowest BCUT2D eigenvalue weighted by atomic mass is 10.0. The molecule has 3 heterocycles. The number of aromatic nitrogens is 1. The number of carbonyl (C=O) groups excluding carboxylic acids is 2. The van der Waals surface area contributed by atoms with E-state index in [2.05, 4.69) is 9.88 Å². The third-order valence-corrected chi connectivity index (χ3v) is 6.68. The molecule has 3 aromatic rings. The van der Waals surface area contributed by atoms with Gasteiger partial charge in [0.1, 0.15) is 5.75 Å². The SMILES string of the molecule is COc1ccc2[nH]c3c(c2c1)CCN(C1CC(=O)N(c2cc(OC)c(OC)c(OC)c2)C1=O)C3. The molecular weight excluding hydrogens is 438 g/mol. The van der Waals surface area contributed by atoms with E-state index in [1.807, 2.05) is 18.2 Å². The highest BCUT2D eigenvalue weighted by Crippen LogP contribution is 2.42. The molecule has 5 rings (SSSR count).